The minimum absolute atomic E-state index is 0.0208. The van der Waals surface area contributed by atoms with Gasteiger partial charge < -0.3 is 24.4 Å². The largest absolute Gasteiger partial charge is 0.502 e. The zero-order valence-electron chi connectivity index (χ0n) is 15.3. The highest BCUT2D eigenvalue weighted by molar-refractivity contribution is 5.79. The molecule has 1 atom stereocenters. The molecule has 0 spiro atoms. The summed E-state index contributed by atoms with van der Waals surface area (Å²) in [5.74, 6) is 0.986. The molecule has 4 rings (SSSR count). The Hall–Kier alpha value is -2.99. The number of phenols is 1. The van der Waals surface area contributed by atoms with Crippen LogP contribution in [0.5, 0.6) is 28.7 Å². The normalized spacial score (nSPS) is 17.0. The molecular weight excluding hydrogens is 348 g/mol. The molecule has 2 aromatic rings. The van der Waals surface area contributed by atoms with Crippen LogP contribution < -0.4 is 14.2 Å². The fraction of sp³-hybridized carbons (Fsp3) is 0.286. The third-order valence-electron chi connectivity index (χ3n) is 4.39. The van der Waals surface area contributed by atoms with Crippen molar-refractivity contribution in [3.05, 3.63) is 47.5 Å². The molecule has 0 aliphatic carbocycles. The minimum Gasteiger partial charge on any atom is -0.502 e. The van der Waals surface area contributed by atoms with E-state index >= 15 is 0 Å². The lowest BCUT2D eigenvalue weighted by Gasteiger charge is -2.16. The third kappa shape index (κ3) is 4.23. The van der Waals surface area contributed by atoms with Gasteiger partial charge in [0, 0.05) is 18.4 Å². The first-order valence-corrected chi connectivity index (χ1v) is 8.64. The lowest BCUT2D eigenvalue weighted by Crippen LogP contribution is -2.11. The van der Waals surface area contributed by atoms with Gasteiger partial charge in [-0.25, -0.2) is 0 Å². The second kappa shape index (κ2) is 8.14. The topological polar surface area (TPSA) is 85.2 Å². The summed E-state index contributed by atoms with van der Waals surface area (Å²) in [6, 6.07) is 9.01. The SMILES string of the molecule is COc1c2cc(c(OC)c1O)Oc1ccc(cc1)CCC(=O)C[C@H](O)C=C2. The van der Waals surface area contributed by atoms with Crippen molar-refractivity contribution >= 4 is 11.9 Å². The zero-order valence-corrected chi connectivity index (χ0v) is 15.3. The summed E-state index contributed by atoms with van der Waals surface area (Å²) in [7, 11) is 2.85. The molecule has 6 nitrogen and oxygen atoms in total. The van der Waals surface area contributed by atoms with E-state index in [9.17, 15) is 15.0 Å². The quantitative estimate of drug-likeness (QED) is 0.842. The third-order valence-corrected chi connectivity index (χ3v) is 4.39. The van der Waals surface area contributed by atoms with Gasteiger partial charge in [-0.2, -0.15) is 0 Å². The highest BCUT2D eigenvalue weighted by Gasteiger charge is 2.20. The molecule has 142 valence electrons. The van der Waals surface area contributed by atoms with Gasteiger partial charge in [0.25, 0.3) is 0 Å². The fourth-order valence-electron chi connectivity index (χ4n) is 2.99. The average molecular weight is 370 g/mol. The summed E-state index contributed by atoms with van der Waals surface area (Å²) in [5, 5.41) is 20.6. The van der Waals surface area contributed by atoms with Crippen molar-refractivity contribution in [3.8, 4) is 28.7 Å². The van der Waals surface area contributed by atoms with Crippen molar-refractivity contribution in [2.24, 2.45) is 0 Å². The number of hydrogen-bond acceptors (Lipinski definition) is 6. The Bertz CT molecular complexity index is 854. The van der Waals surface area contributed by atoms with Crippen LogP contribution >= 0.6 is 0 Å². The Morgan fingerprint density at radius 2 is 1.78 bits per heavy atom. The summed E-state index contributed by atoms with van der Waals surface area (Å²) in [6.07, 6.45) is 3.14. The lowest BCUT2D eigenvalue weighted by atomic mass is 10.0. The van der Waals surface area contributed by atoms with E-state index in [4.69, 9.17) is 14.2 Å². The average Bonchev–Trinajstić information content (AvgIpc) is 2.66. The molecule has 2 aromatic carbocycles. The molecule has 0 aromatic heterocycles. The molecule has 0 fully saturated rings. The summed E-state index contributed by atoms with van der Waals surface area (Å²) in [4.78, 5) is 12.1. The van der Waals surface area contributed by atoms with E-state index in [2.05, 4.69) is 0 Å². The number of ether oxygens (including phenoxy) is 3. The molecule has 0 unspecified atom stereocenters. The predicted molar refractivity (Wildman–Crippen MR) is 101 cm³/mol. The second-order valence-electron chi connectivity index (χ2n) is 6.29. The Balaban J connectivity index is 2.12. The van der Waals surface area contributed by atoms with Crippen molar-refractivity contribution in [1.29, 1.82) is 0 Å². The number of aliphatic hydroxyl groups excluding tert-OH is 1. The van der Waals surface area contributed by atoms with Crippen molar-refractivity contribution in [1.82, 2.24) is 0 Å². The van der Waals surface area contributed by atoms with Gasteiger partial charge in [0.15, 0.2) is 11.5 Å². The molecule has 2 aliphatic rings. The molecule has 6 heteroatoms. The second-order valence-corrected chi connectivity index (χ2v) is 6.29. The summed E-state index contributed by atoms with van der Waals surface area (Å²) in [6.45, 7) is 0. The van der Waals surface area contributed by atoms with E-state index in [-0.39, 0.29) is 29.5 Å². The highest BCUT2D eigenvalue weighted by Crippen LogP contribution is 2.47. The summed E-state index contributed by atoms with van der Waals surface area (Å²) in [5.41, 5.74) is 1.49. The number of benzene rings is 2. The Labute approximate surface area is 157 Å². The van der Waals surface area contributed by atoms with Crippen LogP contribution in [0.3, 0.4) is 0 Å². The van der Waals surface area contributed by atoms with E-state index < -0.39 is 6.10 Å². The molecule has 0 saturated heterocycles. The number of phenolic OH excluding ortho intramolecular Hbond substituents is 1. The number of fused-ring (bicyclic) bond motifs is 7. The Morgan fingerprint density at radius 1 is 1.07 bits per heavy atom. The Kier molecular flexibility index (Phi) is 5.66. The zero-order chi connectivity index (χ0) is 19.4. The minimum atomic E-state index is -0.928. The van der Waals surface area contributed by atoms with Gasteiger partial charge in [-0.05, 0) is 30.2 Å². The van der Waals surface area contributed by atoms with Crippen LogP contribution in [0.2, 0.25) is 0 Å². The Morgan fingerprint density at radius 3 is 2.44 bits per heavy atom. The summed E-state index contributed by atoms with van der Waals surface area (Å²) >= 11 is 0. The standard InChI is InChI=1S/C21H22O6/c1-25-20-14-6-8-16(23)12-15(22)7-3-13-4-9-17(10-5-13)27-18(11-14)21(26-2)19(20)24/h4-6,8-11,16,23-24H,3,7,12H2,1-2H3/t16-/m1/s1. The molecule has 2 N–H and O–H groups in total. The first kappa shape index (κ1) is 18.8. The van der Waals surface area contributed by atoms with E-state index in [1.807, 2.05) is 12.1 Å². The first-order chi connectivity index (χ1) is 13.0. The number of Topliss-reactive ketones (excluding diaryl/α,β-unsaturated/α-hetero) is 1. The number of carbonyl (C=O) groups excluding carboxylic acids is 1. The number of aliphatic hydroxyl groups is 1. The van der Waals surface area contributed by atoms with E-state index in [0.717, 1.165) is 5.56 Å². The molecule has 0 saturated carbocycles. The number of rotatable bonds is 2. The van der Waals surface area contributed by atoms with Crippen LogP contribution in [0.4, 0.5) is 0 Å². The van der Waals surface area contributed by atoms with Crippen molar-refractivity contribution < 1.29 is 29.2 Å². The van der Waals surface area contributed by atoms with Crippen LogP contribution in [-0.4, -0.2) is 36.3 Å². The van der Waals surface area contributed by atoms with Crippen LogP contribution in [0.25, 0.3) is 6.08 Å². The number of carbonyl (C=O) groups is 1. The fourth-order valence-corrected chi connectivity index (χ4v) is 2.99. The first-order valence-electron chi connectivity index (χ1n) is 8.64. The van der Waals surface area contributed by atoms with Crippen LogP contribution in [0, 0.1) is 0 Å². The molecule has 27 heavy (non-hydrogen) atoms. The monoisotopic (exact) mass is 370 g/mol. The van der Waals surface area contributed by atoms with Gasteiger partial charge in [-0.15, -0.1) is 0 Å². The smallest absolute Gasteiger partial charge is 0.207 e. The number of aryl methyl sites for hydroxylation is 1. The van der Waals surface area contributed by atoms with Crippen molar-refractivity contribution in [3.63, 3.8) is 0 Å². The van der Waals surface area contributed by atoms with Gasteiger partial charge in [0.1, 0.15) is 11.5 Å². The van der Waals surface area contributed by atoms with Gasteiger partial charge in [0.05, 0.1) is 20.3 Å². The number of ketones is 1. The van der Waals surface area contributed by atoms with E-state index in [1.54, 1.807) is 24.3 Å². The van der Waals surface area contributed by atoms with Crippen molar-refractivity contribution in [2.45, 2.75) is 25.4 Å². The maximum atomic E-state index is 12.1. The highest BCUT2D eigenvalue weighted by atomic mass is 16.5. The van der Waals surface area contributed by atoms with Crippen LogP contribution in [-0.2, 0) is 11.2 Å². The number of methoxy groups -OCH3 is 2. The van der Waals surface area contributed by atoms with E-state index in [1.165, 1.54) is 20.3 Å². The molecular formula is C21H22O6. The van der Waals surface area contributed by atoms with Gasteiger partial charge >= 0.3 is 0 Å². The van der Waals surface area contributed by atoms with Crippen molar-refractivity contribution in [2.75, 3.05) is 14.2 Å². The maximum Gasteiger partial charge on any atom is 0.207 e. The van der Waals surface area contributed by atoms with E-state index in [0.29, 0.717) is 29.9 Å². The number of aromatic hydroxyl groups is 1. The molecule has 0 amide bonds. The van der Waals surface area contributed by atoms with Gasteiger partial charge in [0.2, 0.25) is 11.5 Å². The van der Waals surface area contributed by atoms with Gasteiger partial charge in [-0.1, -0.05) is 24.3 Å². The molecule has 0 radical (unpaired) electrons. The van der Waals surface area contributed by atoms with Crippen LogP contribution in [0.1, 0.15) is 24.0 Å². The predicted octanol–water partition coefficient (Wildman–Crippen LogP) is 3.48. The van der Waals surface area contributed by atoms with Crippen LogP contribution in [0.15, 0.2) is 36.4 Å². The molecule has 2 aliphatic heterocycles. The molecule has 4 bridgehead atoms. The molecule has 2 heterocycles. The van der Waals surface area contributed by atoms with Gasteiger partial charge in [-0.3, -0.25) is 4.79 Å². The number of hydrogen-bond donors (Lipinski definition) is 2. The lowest BCUT2D eigenvalue weighted by molar-refractivity contribution is -0.120. The maximum absolute atomic E-state index is 12.1. The summed E-state index contributed by atoms with van der Waals surface area (Å²) < 4.78 is 16.5.